The van der Waals surface area contributed by atoms with Crippen LogP contribution in [0.5, 0.6) is 0 Å². The van der Waals surface area contributed by atoms with Crippen molar-refractivity contribution in [3.05, 3.63) is 23.1 Å². The molecule has 15 heavy (non-hydrogen) atoms. The van der Waals surface area contributed by atoms with Crippen LogP contribution < -0.4 is 11.3 Å². The monoisotopic (exact) mass is 208 g/mol. The van der Waals surface area contributed by atoms with E-state index in [0.717, 1.165) is 5.57 Å². The number of carbonyl (C=O) groups is 1. The molecule has 0 atom stereocenters. The molecule has 0 aliphatic carbocycles. The van der Waals surface area contributed by atoms with Gasteiger partial charge in [-0.05, 0) is 12.5 Å². The Bertz CT molecular complexity index is 378. The fourth-order valence-corrected chi connectivity index (χ4v) is 1.25. The number of hydrogen-bond donors (Lipinski definition) is 2. The summed E-state index contributed by atoms with van der Waals surface area (Å²) >= 11 is 0. The maximum Gasteiger partial charge on any atom is 0.338 e. The number of hydrazine groups is 1. The zero-order valence-electron chi connectivity index (χ0n) is 8.57. The summed E-state index contributed by atoms with van der Waals surface area (Å²) < 4.78 is 5.02. The van der Waals surface area contributed by atoms with E-state index in [-0.39, 0.29) is 6.54 Å². The summed E-state index contributed by atoms with van der Waals surface area (Å²) in [6.45, 7) is 1.96. The van der Waals surface area contributed by atoms with Crippen molar-refractivity contribution in [2.24, 2.45) is 5.84 Å². The van der Waals surface area contributed by atoms with Gasteiger partial charge in [0.2, 0.25) is 0 Å². The first kappa shape index (κ1) is 11.1. The van der Waals surface area contributed by atoms with Crippen molar-refractivity contribution in [2.45, 2.75) is 6.92 Å². The molecule has 0 radical (unpaired) electrons. The van der Waals surface area contributed by atoms with Gasteiger partial charge < -0.3 is 4.74 Å². The zero-order valence-corrected chi connectivity index (χ0v) is 8.57. The van der Waals surface area contributed by atoms with Crippen LogP contribution >= 0.6 is 0 Å². The molecule has 2 amide bonds. The molecule has 0 aromatic rings. The fraction of sp³-hybridized carbons (Fsp3) is 0.333. The topological polar surface area (TPSA) is 91.4 Å². The van der Waals surface area contributed by atoms with Gasteiger partial charge >= 0.3 is 6.03 Å². The van der Waals surface area contributed by atoms with Gasteiger partial charge in [0, 0.05) is 6.08 Å². The maximum absolute atomic E-state index is 11.3. The largest absolute Gasteiger partial charge is 0.482 e. The number of ether oxygens (including phenoxy) is 1. The molecule has 0 bridgehead atoms. The summed E-state index contributed by atoms with van der Waals surface area (Å²) in [4.78, 5) is 12.6. The summed E-state index contributed by atoms with van der Waals surface area (Å²) in [5.74, 6) is 5.39. The quantitative estimate of drug-likeness (QED) is 0.366. The molecule has 1 aliphatic rings. The van der Waals surface area contributed by atoms with Crippen LogP contribution in [0.15, 0.2) is 23.1 Å². The number of urea groups is 1. The van der Waals surface area contributed by atoms with Crippen molar-refractivity contribution in [2.75, 3.05) is 13.7 Å². The lowest BCUT2D eigenvalue weighted by molar-refractivity contribution is 0.157. The lowest BCUT2D eigenvalue weighted by Gasteiger charge is -2.26. The number of allylic oxidation sites excluding steroid dienone is 2. The van der Waals surface area contributed by atoms with Gasteiger partial charge in [-0.15, -0.1) is 0 Å². The third-order valence-corrected chi connectivity index (χ3v) is 2.11. The highest BCUT2D eigenvalue weighted by Crippen LogP contribution is 2.20. The molecule has 0 aromatic heterocycles. The number of rotatable bonds is 1. The predicted molar refractivity (Wildman–Crippen MR) is 52.8 cm³/mol. The third kappa shape index (κ3) is 2.08. The molecule has 1 heterocycles. The van der Waals surface area contributed by atoms with Crippen LogP contribution in [-0.4, -0.2) is 24.6 Å². The number of nitriles is 1. The van der Waals surface area contributed by atoms with Crippen molar-refractivity contribution >= 4 is 6.03 Å². The van der Waals surface area contributed by atoms with Crippen molar-refractivity contribution in [1.82, 2.24) is 10.3 Å². The highest BCUT2D eigenvalue weighted by Gasteiger charge is 2.24. The zero-order chi connectivity index (χ0) is 11.4. The average Bonchev–Trinajstić information content (AvgIpc) is 2.27. The second-order valence-electron chi connectivity index (χ2n) is 3.00. The van der Waals surface area contributed by atoms with E-state index in [2.05, 4.69) is 0 Å². The Morgan fingerprint density at radius 3 is 2.93 bits per heavy atom. The van der Waals surface area contributed by atoms with E-state index in [1.807, 2.05) is 11.5 Å². The molecule has 3 N–H and O–H groups in total. The number of carbonyl (C=O) groups excluding carboxylic acids is 1. The minimum atomic E-state index is -0.511. The lowest BCUT2D eigenvalue weighted by atomic mass is 10.1. The summed E-state index contributed by atoms with van der Waals surface area (Å²) in [6, 6.07) is 1.51. The van der Waals surface area contributed by atoms with Gasteiger partial charge in [-0.1, -0.05) is 0 Å². The highest BCUT2D eigenvalue weighted by atomic mass is 16.5. The van der Waals surface area contributed by atoms with Crippen LogP contribution in [0.2, 0.25) is 0 Å². The molecule has 6 nitrogen and oxygen atoms in total. The number of nitrogens with zero attached hydrogens (tertiary/aromatic N) is 2. The average molecular weight is 208 g/mol. The second kappa shape index (κ2) is 4.48. The van der Waals surface area contributed by atoms with Gasteiger partial charge in [0.1, 0.15) is 0 Å². The minimum Gasteiger partial charge on any atom is -0.482 e. The van der Waals surface area contributed by atoms with Crippen molar-refractivity contribution < 1.29 is 9.53 Å². The van der Waals surface area contributed by atoms with Gasteiger partial charge in [-0.2, -0.15) is 5.26 Å². The van der Waals surface area contributed by atoms with E-state index < -0.39 is 6.03 Å². The molecule has 0 unspecified atom stereocenters. The van der Waals surface area contributed by atoms with E-state index in [1.165, 1.54) is 12.0 Å². The SMILES string of the molecule is COC1=CC(C)=C(C#N)CN1C(=O)NN. The molecule has 0 spiro atoms. The first-order valence-corrected chi connectivity index (χ1v) is 4.27. The van der Waals surface area contributed by atoms with Crippen molar-refractivity contribution in [3.8, 4) is 6.07 Å². The Kier molecular flexibility index (Phi) is 3.31. The number of methoxy groups -OCH3 is 1. The maximum atomic E-state index is 11.3. The van der Waals surface area contributed by atoms with Crippen LogP contribution in [0, 0.1) is 11.3 Å². The second-order valence-corrected chi connectivity index (χ2v) is 3.00. The van der Waals surface area contributed by atoms with Crippen molar-refractivity contribution in [1.29, 1.82) is 5.26 Å². The van der Waals surface area contributed by atoms with Gasteiger partial charge in [0.05, 0.1) is 25.3 Å². The molecule has 0 aromatic carbocycles. The molecule has 1 aliphatic heterocycles. The number of nitrogens with two attached hydrogens (primary N) is 1. The van der Waals surface area contributed by atoms with Gasteiger partial charge in [0.15, 0.2) is 5.88 Å². The molecule has 80 valence electrons. The molecule has 6 heteroatoms. The van der Waals surface area contributed by atoms with Crippen LogP contribution in [0.4, 0.5) is 4.79 Å². The Morgan fingerprint density at radius 1 is 1.80 bits per heavy atom. The van der Waals surface area contributed by atoms with Crippen molar-refractivity contribution in [3.63, 3.8) is 0 Å². The molecule has 0 saturated carbocycles. The summed E-state index contributed by atoms with van der Waals surface area (Å²) in [5, 5.41) is 8.83. The number of hydrogen-bond acceptors (Lipinski definition) is 4. The Balaban J connectivity index is 3.03. The summed E-state index contributed by atoms with van der Waals surface area (Å²) in [5.41, 5.74) is 3.29. The number of nitrogens with one attached hydrogen (secondary N) is 1. The van der Waals surface area contributed by atoms with Gasteiger partial charge in [-0.3, -0.25) is 10.3 Å². The van der Waals surface area contributed by atoms with E-state index in [9.17, 15) is 4.79 Å². The first-order valence-electron chi connectivity index (χ1n) is 4.27. The van der Waals surface area contributed by atoms with Crippen LogP contribution in [-0.2, 0) is 4.74 Å². The van der Waals surface area contributed by atoms with Gasteiger partial charge in [-0.25, -0.2) is 10.6 Å². The molecule has 0 saturated heterocycles. The fourth-order valence-electron chi connectivity index (χ4n) is 1.25. The van der Waals surface area contributed by atoms with Gasteiger partial charge in [0.25, 0.3) is 0 Å². The standard InChI is InChI=1S/C9H12N4O2/c1-6-3-8(15-2)13(9(14)12-11)5-7(6)4-10/h3H,5,11H2,1-2H3,(H,12,14). The van der Waals surface area contributed by atoms with E-state index in [1.54, 1.807) is 13.0 Å². The van der Waals surface area contributed by atoms with E-state index in [0.29, 0.717) is 11.5 Å². The Labute approximate surface area is 87.6 Å². The van der Waals surface area contributed by atoms with E-state index >= 15 is 0 Å². The smallest absolute Gasteiger partial charge is 0.338 e. The van der Waals surface area contributed by atoms with Crippen LogP contribution in [0.1, 0.15) is 6.92 Å². The molecular formula is C9H12N4O2. The Morgan fingerprint density at radius 2 is 2.47 bits per heavy atom. The van der Waals surface area contributed by atoms with E-state index in [4.69, 9.17) is 15.8 Å². The lowest BCUT2D eigenvalue weighted by Crippen LogP contribution is -2.45. The predicted octanol–water partition coefficient (Wildman–Crippen LogP) is 0.213. The highest BCUT2D eigenvalue weighted by molar-refractivity contribution is 5.76. The van der Waals surface area contributed by atoms with Crippen LogP contribution in [0.3, 0.4) is 0 Å². The first-order chi connectivity index (χ1) is 7.13. The molecule has 1 rings (SSSR count). The minimum absolute atomic E-state index is 0.172. The normalized spacial score (nSPS) is 15.6. The number of amides is 2. The molecule has 0 fully saturated rings. The third-order valence-electron chi connectivity index (χ3n) is 2.11. The van der Waals surface area contributed by atoms with Crippen LogP contribution in [0.25, 0.3) is 0 Å². The summed E-state index contributed by atoms with van der Waals surface area (Å²) in [7, 11) is 1.45. The Hall–Kier alpha value is -2.00. The summed E-state index contributed by atoms with van der Waals surface area (Å²) in [6.07, 6.45) is 1.62. The molecular weight excluding hydrogens is 196 g/mol.